The van der Waals surface area contributed by atoms with E-state index in [-0.39, 0.29) is 71.3 Å². The van der Waals surface area contributed by atoms with Crippen LogP contribution in [0, 0.1) is 0 Å². The zero-order chi connectivity index (χ0) is 53.3. The Morgan fingerprint density at radius 1 is 0.712 bits per heavy atom. The van der Waals surface area contributed by atoms with Gasteiger partial charge < -0.3 is 10.4 Å². The molecule has 0 saturated heterocycles. The molecular weight excluding hydrogens is 1100 g/mol. The van der Waals surface area contributed by atoms with E-state index in [9.17, 15) is 57.7 Å². The molecule has 0 aromatic heterocycles. The lowest BCUT2D eigenvalue weighted by atomic mass is 10.1. The van der Waals surface area contributed by atoms with Gasteiger partial charge in [0.2, 0.25) is 16.8 Å². The lowest BCUT2D eigenvalue weighted by Crippen LogP contribution is -2.48. The van der Waals surface area contributed by atoms with Gasteiger partial charge in [-0.3, -0.25) is 39.1 Å². The standard InChI is InChI=1S/C38H32N8O21S6/c1-20(47)39-30-18-25(68-66-64-51)16-21-17-33(72(57,58)59)36(38(50)34(21)30)45-41-23-6-8-26(9-7-23)71(55,56)46-24-4-2-22(3-5-24)40-43-29-12-13-31(48)35(37(29)49)44-42-28-11-10-27(19-32(28)69-67-65-52)70(53,54)15-14-63-73(60,61)62/h2-13,16-19,40,42,46,50-52H,14-15H2,1H3,(H,39,47)(H,57,58,59)(H,60,61,62)/b43-29-,44-35-,45-41?. The van der Waals surface area contributed by atoms with Crippen LogP contribution in [0.3, 0.4) is 0 Å². The quantitative estimate of drug-likeness (QED) is 0.0153. The predicted molar refractivity (Wildman–Crippen MR) is 255 cm³/mol. The monoisotopic (exact) mass is 1130 g/mol. The van der Waals surface area contributed by atoms with Gasteiger partial charge in [0.15, 0.2) is 20.9 Å². The molecule has 29 nitrogen and oxygen atoms in total. The Bertz CT molecular complexity index is 3820. The second-order valence-electron chi connectivity index (χ2n) is 14.1. The van der Waals surface area contributed by atoms with Gasteiger partial charge >= 0.3 is 10.4 Å². The first-order valence-corrected chi connectivity index (χ1v) is 26.8. The van der Waals surface area contributed by atoms with Gasteiger partial charge in [-0.15, -0.1) is 13.8 Å². The van der Waals surface area contributed by atoms with Crippen LogP contribution in [0.15, 0.2) is 152 Å². The van der Waals surface area contributed by atoms with Crippen LogP contribution in [0.2, 0.25) is 0 Å². The third-order valence-corrected chi connectivity index (χ3v) is 14.7. The van der Waals surface area contributed by atoms with Crippen molar-refractivity contribution in [1.29, 1.82) is 0 Å². The number of carbonyl (C=O) groups is 1. The highest BCUT2D eigenvalue weighted by atomic mass is 32.3. The van der Waals surface area contributed by atoms with Crippen LogP contribution >= 0.6 is 24.1 Å². The molecular formula is C38H32N8O21S6. The zero-order valence-corrected chi connectivity index (χ0v) is 41.1. The number of phenolic OH excluding ortho intramolecular Hbond substituents is 1. The van der Waals surface area contributed by atoms with Crippen molar-refractivity contribution < 1.29 is 86.1 Å². The minimum Gasteiger partial charge on any atom is -0.505 e. The molecule has 0 aliphatic carbocycles. The van der Waals surface area contributed by atoms with E-state index in [1.807, 2.05) is 0 Å². The van der Waals surface area contributed by atoms with Crippen LogP contribution in [0.1, 0.15) is 6.92 Å². The highest BCUT2D eigenvalue weighted by Gasteiger charge is 2.25. The largest absolute Gasteiger partial charge is 0.505 e. The van der Waals surface area contributed by atoms with Crippen molar-refractivity contribution in [2.75, 3.05) is 33.3 Å². The van der Waals surface area contributed by atoms with Crippen LogP contribution in [0.4, 0.5) is 34.1 Å². The highest BCUT2D eigenvalue weighted by molar-refractivity contribution is 7.95. The van der Waals surface area contributed by atoms with E-state index in [4.69, 9.17) is 15.1 Å². The van der Waals surface area contributed by atoms with E-state index in [1.165, 1.54) is 48.5 Å². The van der Waals surface area contributed by atoms with E-state index < -0.39 is 96.1 Å². The average molecular weight is 1130 g/mol. The lowest BCUT2D eigenvalue weighted by molar-refractivity contribution is -0.432. The van der Waals surface area contributed by atoms with Crippen molar-refractivity contribution >= 4 is 115 Å². The van der Waals surface area contributed by atoms with Gasteiger partial charge in [-0.1, -0.05) is 10.1 Å². The Balaban J connectivity index is 1.16. The number of carbonyl (C=O) groups excluding carboxylic acids is 1. The number of benzene rings is 6. The van der Waals surface area contributed by atoms with Crippen molar-refractivity contribution in [3.05, 3.63) is 128 Å². The summed E-state index contributed by atoms with van der Waals surface area (Å²) < 4.78 is 132. The fourth-order valence-electron chi connectivity index (χ4n) is 6.02. The van der Waals surface area contributed by atoms with E-state index in [2.05, 4.69) is 64.2 Å². The fourth-order valence-corrected chi connectivity index (χ4v) is 10.3. The topological polar surface area (TPSA) is 433 Å². The molecule has 0 aliphatic heterocycles. The molecule has 0 aliphatic rings. The second kappa shape index (κ2) is 23.4. The molecule has 386 valence electrons. The van der Waals surface area contributed by atoms with Gasteiger partial charge in [0.25, 0.3) is 20.1 Å². The number of amides is 1. The lowest BCUT2D eigenvalue weighted by Gasteiger charge is -2.14. The zero-order valence-electron chi connectivity index (χ0n) is 36.2. The first-order valence-electron chi connectivity index (χ1n) is 19.4. The molecule has 0 bridgehead atoms. The number of aromatic hydroxyl groups is 1. The smallest absolute Gasteiger partial charge is 0.397 e. The fraction of sp³-hybridized carbons (Fsp3) is 0.0789. The van der Waals surface area contributed by atoms with E-state index in [1.54, 1.807) is 0 Å². The van der Waals surface area contributed by atoms with Gasteiger partial charge in [0, 0.05) is 22.9 Å². The Morgan fingerprint density at radius 3 is 2.01 bits per heavy atom. The van der Waals surface area contributed by atoms with Crippen LogP contribution in [0.5, 0.6) is 5.75 Å². The van der Waals surface area contributed by atoms with Crippen LogP contribution in [-0.2, 0) is 68.1 Å². The summed E-state index contributed by atoms with van der Waals surface area (Å²) in [6.07, 6.45) is 0. The summed E-state index contributed by atoms with van der Waals surface area (Å²) >= 11 is 0.721. The van der Waals surface area contributed by atoms with Crippen LogP contribution < -0.4 is 42.5 Å². The van der Waals surface area contributed by atoms with Crippen molar-refractivity contribution in [1.82, 2.24) is 0 Å². The van der Waals surface area contributed by atoms with Gasteiger partial charge in [0.05, 0.1) is 73.9 Å². The summed E-state index contributed by atoms with van der Waals surface area (Å²) in [6.45, 7) is 0.228. The molecule has 9 N–H and O–H groups in total. The highest BCUT2D eigenvalue weighted by Crippen LogP contribution is 2.46. The third-order valence-electron chi connectivity index (χ3n) is 9.14. The molecule has 1 amide bonds. The number of azo groups is 1. The molecule has 0 unspecified atom stereocenters. The maximum Gasteiger partial charge on any atom is 0.397 e. The maximum atomic E-state index is 13.3. The second-order valence-corrected chi connectivity index (χ2v) is 21.8. The number of nitrogens with one attached hydrogen (secondary N) is 4. The number of sulfone groups is 1. The van der Waals surface area contributed by atoms with Crippen molar-refractivity contribution in [2.45, 2.75) is 31.4 Å². The number of nitrogens with zero attached hydrogens (tertiary/aromatic N) is 4. The third kappa shape index (κ3) is 14.7. The maximum absolute atomic E-state index is 13.3. The molecule has 0 atom stereocenters. The SMILES string of the molecule is CC(=O)Nc1cc(SOOO)cc2cc(S(=O)(=O)O)c(N=Nc3ccc(S(=O)(=O)Nc4ccc(N/N=c5/ccc(=O)/c(=N/Nc6ccc(S(=O)(=O)CCOS(=O)(=O)O)cc6SOOO)c5=O)cc4)cc3)c(O)c12. The molecule has 73 heavy (non-hydrogen) atoms. The molecule has 0 heterocycles. The normalized spacial score (nSPS) is 12.9. The van der Waals surface area contributed by atoms with Gasteiger partial charge in [-0.2, -0.15) is 32.2 Å². The minimum absolute atomic E-state index is 0.0396. The molecule has 35 heteroatoms. The summed E-state index contributed by atoms with van der Waals surface area (Å²) in [7, 11) is -18.5. The van der Waals surface area contributed by atoms with Crippen molar-refractivity contribution in [3.8, 4) is 5.75 Å². The first kappa shape index (κ1) is 55.5. The Hall–Kier alpha value is -6.81. The van der Waals surface area contributed by atoms with Crippen molar-refractivity contribution in [2.24, 2.45) is 20.4 Å². The van der Waals surface area contributed by atoms with Gasteiger partial charge in [0.1, 0.15) is 15.9 Å². The first-order chi connectivity index (χ1) is 34.4. The number of anilines is 4. The molecule has 6 rings (SSSR count). The van der Waals surface area contributed by atoms with E-state index >= 15 is 0 Å². The van der Waals surface area contributed by atoms with E-state index in [0.717, 1.165) is 55.5 Å². The summed E-state index contributed by atoms with van der Waals surface area (Å²) in [5.41, 5.74) is 2.54. The Kier molecular flexibility index (Phi) is 17.8. The number of fused-ring (bicyclic) bond motifs is 1. The van der Waals surface area contributed by atoms with Crippen LogP contribution in [0.25, 0.3) is 10.8 Å². The molecule has 0 fully saturated rings. The Morgan fingerprint density at radius 2 is 1.37 bits per heavy atom. The average Bonchev–Trinajstić information content (AvgIpc) is 3.31. The minimum atomic E-state index is -5.09. The van der Waals surface area contributed by atoms with E-state index in [0.29, 0.717) is 12.0 Å². The van der Waals surface area contributed by atoms with Gasteiger partial charge in [-0.05, 0) is 102 Å². The molecule has 6 aromatic carbocycles. The van der Waals surface area contributed by atoms with Gasteiger partial charge in [-0.25, -0.2) is 31.5 Å². The van der Waals surface area contributed by atoms with Crippen LogP contribution in [-0.4, -0.2) is 76.7 Å². The number of sulfonamides is 1. The number of hydrogen-bond donors (Lipinski definition) is 9. The number of rotatable bonds is 22. The number of hydrogen-bond acceptors (Lipinski definition) is 27. The Labute approximate surface area is 418 Å². The molecule has 0 radical (unpaired) electrons. The van der Waals surface area contributed by atoms with Crippen molar-refractivity contribution in [3.63, 3.8) is 0 Å². The molecule has 6 aromatic rings. The summed E-state index contributed by atoms with van der Waals surface area (Å²) in [5, 5.41) is 52.4. The molecule has 0 spiro atoms. The summed E-state index contributed by atoms with van der Waals surface area (Å²) in [6, 6.07) is 18.8. The summed E-state index contributed by atoms with van der Waals surface area (Å²) in [5.74, 6) is -2.32. The molecule has 0 saturated carbocycles. The predicted octanol–water partition coefficient (Wildman–Crippen LogP) is 3.87. The number of phenols is 1. The summed E-state index contributed by atoms with van der Waals surface area (Å²) in [4.78, 5) is 36.3.